The second-order valence-electron chi connectivity index (χ2n) is 4.65. The Kier molecular flexibility index (Phi) is 5.68. The second kappa shape index (κ2) is 7.95. The molecule has 0 amide bonds. The molecule has 114 valence electrons. The van der Waals surface area contributed by atoms with Crippen molar-refractivity contribution in [3.8, 4) is 5.75 Å². The van der Waals surface area contributed by atoms with Crippen LogP contribution >= 0.6 is 0 Å². The molecule has 0 spiro atoms. The number of benzene rings is 2. The van der Waals surface area contributed by atoms with E-state index in [1.54, 1.807) is 24.3 Å². The fourth-order valence-electron chi connectivity index (χ4n) is 1.81. The third-order valence-electron chi connectivity index (χ3n) is 2.91. The Morgan fingerprint density at radius 1 is 0.864 bits per heavy atom. The topological polar surface area (TPSA) is 78.6 Å². The molecule has 0 unspecified atom stereocenters. The fourth-order valence-corrected chi connectivity index (χ4v) is 1.81. The van der Waals surface area contributed by atoms with Gasteiger partial charge in [-0.3, -0.25) is 9.59 Å². The molecule has 0 radical (unpaired) electrons. The second-order valence-corrected chi connectivity index (χ2v) is 4.65. The van der Waals surface area contributed by atoms with Crippen LogP contribution in [-0.4, -0.2) is 18.5 Å². The number of nitrogens with two attached hydrogens (primary N) is 1. The summed E-state index contributed by atoms with van der Waals surface area (Å²) in [5, 5.41) is 0. The van der Waals surface area contributed by atoms with Crippen LogP contribution in [0.3, 0.4) is 0 Å². The SMILES string of the molecule is NCC(=O)OCc1ccc(OC(=O)Cc2ccccc2)cc1. The molecule has 0 aliphatic heterocycles. The highest BCUT2D eigenvalue weighted by Gasteiger charge is 2.06. The molecule has 0 aromatic heterocycles. The molecule has 2 N–H and O–H groups in total. The van der Waals surface area contributed by atoms with Gasteiger partial charge in [-0.1, -0.05) is 42.5 Å². The van der Waals surface area contributed by atoms with Crippen LogP contribution in [0.15, 0.2) is 54.6 Å². The van der Waals surface area contributed by atoms with E-state index in [1.165, 1.54) is 0 Å². The largest absolute Gasteiger partial charge is 0.460 e. The molecular weight excluding hydrogens is 282 g/mol. The molecule has 2 aromatic carbocycles. The monoisotopic (exact) mass is 299 g/mol. The maximum atomic E-state index is 11.8. The molecule has 0 saturated heterocycles. The smallest absolute Gasteiger partial charge is 0.320 e. The molecule has 2 rings (SSSR count). The summed E-state index contributed by atoms with van der Waals surface area (Å²) in [5.74, 6) is -0.332. The molecule has 0 saturated carbocycles. The van der Waals surface area contributed by atoms with Crippen molar-refractivity contribution in [3.63, 3.8) is 0 Å². The van der Waals surface area contributed by atoms with Crippen molar-refractivity contribution in [2.45, 2.75) is 13.0 Å². The lowest BCUT2D eigenvalue weighted by Crippen LogP contribution is -2.16. The van der Waals surface area contributed by atoms with Crippen LogP contribution in [0.25, 0.3) is 0 Å². The van der Waals surface area contributed by atoms with Gasteiger partial charge < -0.3 is 15.2 Å². The zero-order valence-corrected chi connectivity index (χ0v) is 12.0. The maximum Gasteiger partial charge on any atom is 0.320 e. The molecule has 0 aliphatic carbocycles. The van der Waals surface area contributed by atoms with Gasteiger partial charge in [0, 0.05) is 0 Å². The van der Waals surface area contributed by atoms with Crippen molar-refractivity contribution < 1.29 is 19.1 Å². The van der Waals surface area contributed by atoms with Crippen LogP contribution in [0.4, 0.5) is 0 Å². The third-order valence-corrected chi connectivity index (χ3v) is 2.91. The zero-order chi connectivity index (χ0) is 15.8. The minimum Gasteiger partial charge on any atom is -0.460 e. The molecule has 0 aliphatic rings. The lowest BCUT2D eigenvalue weighted by Gasteiger charge is -2.06. The molecule has 0 heterocycles. The van der Waals surface area contributed by atoms with Crippen LogP contribution in [0, 0.1) is 0 Å². The van der Waals surface area contributed by atoms with E-state index in [1.807, 2.05) is 30.3 Å². The lowest BCUT2D eigenvalue weighted by atomic mass is 10.1. The third kappa shape index (κ3) is 5.03. The van der Waals surface area contributed by atoms with Crippen LogP contribution in [0.2, 0.25) is 0 Å². The number of ether oxygens (including phenoxy) is 2. The van der Waals surface area contributed by atoms with Crippen molar-refractivity contribution in [1.29, 1.82) is 0 Å². The average Bonchev–Trinajstić information content (AvgIpc) is 2.54. The van der Waals surface area contributed by atoms with Gasteiger partial charge in [-0.2, -0.15) is 0 Å². The van der Waals surface area contributed by atoms with Gasteiger partial charge in [0.05, 0.1) is 13.0 Å². The van der Waals surface area contributed by atoms with Gasteiger partial charge in [-0.15, -0.1) is 0 Å². The number of carbonyl (C=O) groups is 2. The number of hydrogen-bond donors (Lipinski definition) is 1. The van der Waals surface area contributed by atoms with Gasteiger partial charge in [-0.05, 0) is 23.3 Å². The minimum absolute atomic E-state index is 0.144. The summed E-state index contributed by atoms with van der Waals surface area (Å²) in [7, 11) is 0. The highest BCUT2D eigenvalue weighted by molar-refractivity contribution is 5.75. The first-order chi connectivity index (χ1) is 10.7. The molecular formula is C17H17NO4. The van der Waals surface area contributed by atoms with Crippen molar-refractivity contribution in [2.24, 2.45) is 5.73 Å². The Hall–Kier alpha value is -2.66. The van der Waals surface area contributed by atoms with Gasteiger partial charge in [0.15, 0.2) is 0 Å². The summed E-state index contributed by atoms with van der Waals surface area (Å²) in [6.07, 6.45) is 0.219. The molecule has 2 aromatic rings. The van der Waals surface area contributed by atoms with Crippen molar-refractivity contribution in [2.75, 3.05) is 6.54 Å². The van der Waals surface area contributed by atoms with E-state index in [0.29, 0.717) is 5.75 Å². The van der Waals surface area contributed by atoms with Gasteiger partial charge in [-0.25, -0.2) is 0 Å². The predicted molar refractivity (Wildman–Crippen MR) is 81.1 cm³/mol. The lowest BCUT2D eigenvalue weighted by molar-refractivity contribution is -0.143. The van der Waals surface area contributed by atoms with Gasteiger partial charge in [0.25, 0.3) is 0 Å². The van der Waals surface area contributed by atoms with E-state index in [4.69, 9.17) is 15.2 Å². The number of hydrogen-bond acceptors (Lipinski definition) is 5. The van der Waals surface area contributed by atoms with Crippen LogP contribution < -0.4 is 10.5 Å². The average molecular weight is 299 g/mol. The molecule has 5 nitrogen and oxygen atoms in total. The Morgan fingerprint density at radius 2 is 1.55 bits per heavy atom. The summed E-state index contributed by atoms with van der Waals surface area (Å²) in [5.41, 5.74) is 6.84. The summed E-state index contributed by atoms with van der Waals surface area (Å²) in [6, 6.07) is 16.2. The Balaban J connectivity index is 1.85. The predicted octanol–water partition coefficient (Wildman–Crippen LogP) is 1.84. The van der Waals surface area contributed by atoms with E-state index < -0.39 is 5.97 Å². The van der Waals surface area contributed by atoms with Crippen molar-refractivity contribution in [1.82, 2.24) is 0 Å². The summed E-state index contributed by atoms with van der Waals surface area (Å²) in [4.78, 5) is 22.8. The van der Waals surface area contributed by atoms with Gasteiger partial charge in [0.1, 0.15) is 12.4 Å². The zero-order valence-electron chi connectivity index (χ0n) is 12.0. The standard InChI is InChI=1S/C17H17NO4/c18-11-17(20)21-12-14-6-8-15(9-7-14)22-16(19)10-13-4-2-1-3-5-13/h1-9H,10-12,18H2. The highest BCUT2D eigenvalue weighted by atomic mass is 16.5. The molecule has 0 fully saturated rings. The number of rotatable bonds is 6. The van der Waals surface area contributed by atoms with Crippen molar-refractivity contribution in [3.05, 3.63) is 65.7 Å². The number of carbonyl (C=O) groups excluding carboxylic acids is 2. The molecule has 5 heteroatoms. The first-order valence-corrected chi connectivity index (χ1v) is 6.86. The first-order valence-electron chi connectivity index (χ1n) is 6.86. The van der Waals surface area contributed by atoms with Crippen LogP contribution in [-0.2, 0) is 27.4 Å². The fraction of sp³-hybridized carbons (Fsp3) is 0.176. The van der Waals surface area contributed by atoms with Gasteiger partial charge in [0.2, 0.25) is 0 Å². The van der Waals surface area contributed by atoms with Crippen LogP contribution in [0.5, 0.6) is 5.75 Å². The highest BCUT2D eigenvalue weighted by Crippen LogP contribution is 2.14. The van der Waals surface area contributed by atoms with Gasteiger partial charge >= 0.3 is 11.9 Å². The first kappa shape index (κ1) is 15.7. The minimum atomic E-state index is -0.460. The molecule has 22 heavy (non-hydrogen) atoms. The van der Waals surface area contributed by atoms with E-state index in [-0.39, 0.29) is 25.5 Å². The Morgan fingerprint density at radius 3 is 2.18 bits per heavy atom. The summed E-state index contributed by atoms with van der Waals surface area (Å²) < 4.78 is 10.2. The summed E-state index contributed by atoms with van der Waals surface area (Å²) >= 11 is 0. The summed E-state index contributed by atoms with van der Waals surface area (Å²) in [6.45, 7) is 0.00343. The molecule has 0 bridgehead atoms. The maximum absolute atomic E-state index is 11.8. The van der Waals surface area contributed by atoms with E-state index >= 15 is 0 Å². The molecule has 0 atom stereocenters. The number of esters is 2. The Labute approximate surface area is 128 Å². The van der Waals surface area contributed by atoms with Crippen LogP contribution in [0.1, 0.15) is 11.1 Å². The van der Waals surface area contributed by atoms with E-state index in [9.17, 15) is 9.59 Å². The van der Waals surface area contributed by atoms with E-state index in [0.717, 1.165) is 11.1 Å². The van der Waals surface area contributed by atoms with E-state index in [2.05, 4.69) is 0 Å². The van der Waals surface area contributed by atoms with Crippen molar-refractivity contribution >= 4 is 11.9 Å². The quantitative estimate of drug-likeness (QED) is 0.650. The Bertz CT molecular complexity index is 623. The normalized spacial score (nSPS) is 10.0.